The van der Waals surface area contributed by atoms with Crippen molar-refractivity contribution < 1.29 is 5.48 Å². The summed E-state index contributed by atoms with van der Waals surface area (Å²) < 4.78 is 35.6. The maximum Gasteiger partial charge on any atom is 0.495 e. The van der Waals surface area contributed by atoms with Crippen molar-refractivity contribution in [2.24, 2.45) is 19.1 Å². The zero-order valence-corrected chi connectivity index (χ0v) is 48.0. The Balaban J connectivity index is 0.0000102. The first-order valence-corrected chi connectivity index (χ1v) is 29.1. The molecule has 0 amide bonds. The van der Waals surface area contributed by atoms with Crippen molar-refractivity contribution in [3.63, 3.8) is 0 Å². The van der Waals surface area contributed by atoms with Crippen LogP contribution in [0.5, 0.6) is 0 Å². The van der Waals surface area contributed by atoms with Crippen LogP contribution in [0.4, 0.5) is 0 Å². The fourth-order valence-electron chi connectivity index (χ4n) is 10.5. The van der Waals surface area contributed by atoms with Gasteiger partial charge in [-0.2, -0.15) is 0 Å². The van der Waals surface area contributed by atoms with E-state index in [0.717, 1.165) is 50.3 Å². The Morgan fingerprint density at radius 3 is 0.565 bits per heavy atom. The van der Waals surface area contributed by atoms with E-state index >= 15 is 0 Å². The van der Waals surface area contributed by atoms with Crippen LogP contribution in [-0.4, -0.2) is 302 Å². The maximum atomic E-state index is 6.46. The van der Waals surface area contributed by atoms with Crippen LogP contribution in [0.25, 0.3) is 0 Å². The molecule has 0 aliphatic carbocycles. The summed E-state index contributed by atoms with van der Waals surface area (Å²) in [7, 11) is 46.9. The minimum atomic E-state index is -3.54. The minimum absolute atomic E-state index is 0. The minimum Gasteiger partial charge on any atom is -0.870 e. The summed E-state index contributed by atoms with van der Waals surface area (Å²) in [5.74, 6) is 0. The van der Waals surface area contributed by atoms with E-state index in [4.69, 9.17) is 19.1 Å². The lowest BCUT2D eigenvalue weighted by atomic mass is 10.1. The molecule has 62 heavy (non-hydrogen) atoms. The smallest absolute Gasteiger partial charge is 0.495 e. The van der Waals surface area contributed by atoms with E-state index in [1.807, 2.05) is 0 Å². The summed E-state index contributed by atoms with van der Waals surface area (Å²) in [6, 6.07) is 0. The maximum absolute atomic E-state index is 6.46. The molecular formula is C40H89N16OP5. The van der Waals surface area contributed by atoms with Gasteiger partial charge in [-0.25, -0.2) is 0 Å². The molecule has 17 nitrogen and oxygen atoms in total. The lowest BCUT2D eigenvalue weighted by molar-refractivity contribution is 0.0730. The van der Waals surface area contributed by atoms with E-state index in [9.17, 15) is 0 Å². The van der Waals surface area contributed by atoms with Crippen molar-refractivity contribution in [2.45, 2.75) is 48.3 Å². The van der Waals surface area contributed by atoms with E-state index in [2.05, 4.69) is 227 Å². The van der Waals surface area contributed by atoms with Gasteiger partial charge in [-0.1, -0.05) is 19.1 Å². The summed E-state index contributed by atoms with van der Waals surface area (Å²) >= 11 is 0. The van der Waals surface area contributed by atoms with Gasteiger partial charge in [0.1, 0.15) is 44.5 Å². The summed E-state index contributed by atoms with van der Waals surface area (Å²) in [6.45, 7) is 0. The van der Waals surface area contributed by atoms with Crippen molar-refractivity contribution in [2.75, 3.05) is 194 Å². The average molecular weight is 965 g/mol. The second-order valence-electron chi connectivity index (χ2n) is 19.5. The highest BCUT2D eigenvalue weighted by atomic mass is 31.2. The molecule has 4 heterocycles. The molecule has 4 unspecified atom stereocenters. The summed E-state index contributed by atoms with van der Waals surface area (Å²) in [6.07, 6.45) is 8.04. The molecule has 0 radical (unpaired) electrons. The van der Waals surface area contributed by atoms with Gasteiger partial charge in [0.05, 0.1) is 0 Å². The molecule has 4 atom stereocenters. The van der Waals surface area contributed by atoms with Gasteiger partial charge in [-0.3, -0.25) is 57.9 Å². The molecule has 0 aromatic carbocycles. The number of nitrogens with zero attached hydrogens (tertiary/aromatic N) is 16. The molecule has 4 fully saturated rings. The van der Waals surface area contributed by atoms with Crippen molar-refractivity contribution in [1.29, 1.82) is 0 Å². The number of rotatable bonds is 16. The lowest BCUT2D eigenvalue weighted by Crippen LogP contribution is -2.59. The van der Waals surface area contributed by atoms with E-state index < -0.39 is 62.8 Å². The fourth-order valence-corrected chi connectivity index (χ4v) is 25.2. The van der Waals surface area contributed by atoms with Crippen LogP contribution >= 0.6 is 40.2 Å². The van der Waals surface area contributed by atoms with E-state index in [1.54, 1.807) is 0 Å². The van der Waals surface area contributed by atoms with Crippen LogP contribution in [0.15, 0.2) is 19.1 Å². The Morgan fingerprint density at radius 2 is 0.452 bits per heavy atom. The van der Waals surface area contributed by atoms with Gasteiger partial charge < -0.3 is 5.48 Å². The second-order valence-corrected chi connectivity index (χ2v) is 31.3. The standard InChI is InChI=1S/C40H88N16P5.H2O/c1-45(2)37(46(3)4)25-29-57(53(17)18)33(37)41-61(42-34-38(47(5)6,48(7)8)26-30-58(34)54(19)20,43-35-39(49(9)10,50(11)12)27-31-59(35)55(21)22)44-36-40(51(13)14,52(15)16)28-32-60(36)56(23)24;/h25-32H2,1-24H3;1H2/q+1;/p-1/b41-33-,42-34-,43-35-,44-36-;. The van der Waals surface area contributed by atoms with Crippen LogP contribution < -0.4 is 0 Å². The second kappa shape index (κ2) is 21.3. The zero-order valence-electron chi connectivity index (χ0n) is 43.5. The van der Waals surface area contributed by atoms with Crippen molar-refractivity contribution in [3.8, 4) is 0 Å². The lowest BCUT2D eigenvalue weighted by Gasteiger charge is -2.44. The third-order valence-electron chi connectivity index (χ3n) is 13.9. The molecule has 0 bridgehead atoms. The molecule has 0 saturated carbocycles. The monoisotopic (exact) mass is 965 g/mol. The van der Waals surface area contributed by atoms with Gasteiger partial charge in [-0.05, 0) is 219 Å². The molecule has 22 heteroatoms. The Morgan fingerprint density at radius 1 is 0.306 bits per heavy atom. The highest BCUT2D eigenvalue weighted by molar-refractivity contribution is 7.82. The highest BCUT2D eigenvalue weighted by Gasteiger charge is 2.63. The molecule has 0 aromatic rings. The van der Waals surface area contributed by atoms with Gasteiger partial charge in [0.2, 0.25) is 0 Å². The molecule has 0 spiro atoms. The SMILES string of the molecule is CN(C)P1CCC(N(C)C)(N(C)C)/C1=N/[P+](/N=C1\P(N(C)C)CCC1(N(C)C)N(C)C)(/N=C1\P(N(C)C)CCC1(N(C)C)N(C)C)/N=C1\P(N(C)C)CCC1(N(C)C)N(C)C.[OH-]. The molecule has 4 rings (SSSR count). The average Bonchev–Trinajstić information content (AvgIpc) is 3.90. The molecule has 360 valence electrons. The van der Waals surface area contributed by atoms with E-state index in [0.29, 0.717) is 0 Å². The molecular weight excluding hydrogens is 875 g/mol. The van der Waals surface area contributed by atoms with Crippen LogP contribution in [0.1, 0.15) is 25.7 Å². The molecule has 1 N–H and O–H groups in total. The Labute approximate surface area is 385 Å². The van der Waals surface area contributed by atoms with Crippen LogP contribution in [0.2, 0.25) is 0 Å². The Bertz CT molecular complexity index is 1380. The summed E-state index contributed by atoms with van der Waals surface area (Å²) in [5.41, 5.74) is 2.98. The van der Waals surface area contributed by atoms with Crippen molar-refractivity contribution >= 4 is 62.0 Å². The summed E-state index contributed by atoms with van der Waals surface area (Å²) in [4.78, 5) is 19.3. The van der Waals surface area contributed by atoms with Crippen LogP contribution in [0, 0.1) is 0 Å². The van der Waals surface area contributed by atoms with Gasteiger partial charge >= 0.3 is 7.87 Å². The van der Waals surface area contributed by atoms with E-state index in [1.165, 1.54) is 21.8 Å². The first-order valence-electron chi connectivity index (χ1n) is 21.6. The first kappa shape index (κ1) is 56.6. The van der Waals surface area contributed by atoms with Gasteiger partial charge in [0.25, 0.3) is 0 Å². The molecule has 0 aromatic heterocycles. The first-order chi connectivity index (χ1) is 28.1. The third-order valence-corrected chi connectivity index (χ3v) is 26.6. The summed E-state index contributed by atoms with van der Waals surface area (Å²) in [5, 5.41) is 0. The quantitative estimate of drug-likeness (QED) is 0.156. The zero-order chi connectivity index (χ0) is 46.5. The van der Waals surface area contributed by atoms with Crippen molar-refractivity contribution in [1.82, 2.24) is 57.9 Å². The van der Waals surface area contributed by atoms with Gasteiger partial charge in [0, 0.05) is 32.3 Å². The molecule has 4 aliphatic heterocycles. The number of hydrogen-bond donors (Lipinski definition) is 0. The molecule has 4 aliphatic rings. The fraction of sp³-hybridized carbons (Fsp3) is 0.900. The third kappa shape index (κ3) is 9.65. The molecule has 4 saturated heterocycles. The Hall–Kier alpha value is 0.310. The van der Waals surface area contributed by atoms with Crippen LogP contribution in [-0.2, 0) is 0 Å². The highest BCUT2D eigenvalue weighted by Crippen LogP contribution is 2.75. The van der Waals surface area contributed by atoms with Gasteiger partial charge in [0.15, 0.2) is 0 Å². The normalized spacial score (nSPS) is 29.9. The Kier molecular flexibility index (Phi) is 19.5. The topological polar surface area (TPSA) is 118 Å². The largest absolute Gasteiger partial charge is 0.870 e. The number of hydrogen-bond acceptors (Lipinski definition) is 17. The van der Waals surface area contributed by atoms with Gasteiger partial charge in [-0.15, -0.1) is 0 Å². The van der Waals surface area contributed by atoms with E-state index in [-0.39, 0.29) is 5.48 Å². The van der Waals surface area contributed by atoms with Crippen LogP contribution in [0.3, 0.4) is 0 Å². The van der Waals surface area contributed by atoms with Crippen molar-refractivity contribution in [3.05, 3.63) is 0 Å². The predicted octanol–water partition coefficient (Wildman–Crippen LogP) is 4.81. The predicted molar refractivity (Wildman–Crippen MR) is 279 cm³/mol.